The van der Waals surface area contributed by atoms with Crippen LogP contribution in [-0.4, -0.2) is 76.6 Å². The minimum atomic E-state index is -0.514. The van der Waals surface area contributed by atoms with Gasteiger partial charge in [-0.1, -0.05) is 29.8 Å². The molecule has 1 fully saturated rings. The van der Waals surface area contributed by atoms with Gasteiger partial charge in [0.1, 0.15) is 6.04 Å². The van der Waals surface area contributed by atoms with Crippen molar-refractivity contribution in [1.29, 1.82) is 0 Å². The predicted molar refractivity (Wildman–Crippen MR) is 102 cm³/mol. The minimum absolute atomic E-state index is 0.310. The third-order valence-corrected chi connectivity index (χ3v) is 5.17. The highest BCUT2D eigenvalue weighted by Gasteiger charge is 2.32. The van der Waals surface area contributed by atoms with Gasteiger partial charge >= 0.3 is 5.97 Å². The molecule has 1 aromatic heterocycles. The number of aliphatic hydroxyl groups is 1. The molecule has 0 bridgehead atoms. The largest absolute Gasteiger partial charge is 0.468 e. The Labute approximate surface area is 164 Å². The lowest BCUT2D eigenvalue weighted by Gasteiger charge is -2.39. The molecule has 2 aromatic rings. The Hall–Kier alpha value is -1.93. The molecule has 8 heteroatoms. The minimum Gasteiger partial charge on any atom is -0.468 e. The molecule has 0 spiro atoms. The Balaban J connectivity index is 1.59. The molecule has 0 unspecified atom stereocenters. The van der Waals surface area contributed by atoms with Gasteiger partial charge in [-0.3, -0.25) is 14.5 Å². The van der Waals surface area contributed by atoms with Gasteiger partial charge in [-0.2, -0.15) is 5.10 Å². The topological polar surface area (TPSA) is 70.8 Å². The number of piperazine rings is 1. The zero-order valence-electron chi connectivity index (χ0n) is 15.4. The number of carbonyl (C=O) groups is 1. The molecule has 2 heterocycles. The zero-order valence-corrected chi connectivity index (χ0v) is 16.1. The Bertz CT molecular complexity index is 732. The standard InChI is InChI=1S/C19H25ClN4O3/c1-27-19(26)18(16-5-2-3-6-17(16)20)23-11-9-22(10-12-23)13-15(25)14-24-8-4-7-21-24/h2-8,15,18,25H,9-14H2,1H3/t15-,18+/m0/s1. The molecule has 0 aliphatic carbocycles. The molecule has 1 saturated heterocycles. The fourth-order valence-corrected chi connectivity index (χ4v) is 3.70. The summed E-state index contributed by atoms with van der Waals surface area (Å²) in [5.41, 5.74) is 0.762. The van der Waals surface area contributed by atoms with Gasteiger partial charge in [0.05, 0.1) is 19.8 Å². The molecule has 1 aliphatic rings. The van der Waals surface area contributed by atoms with E-state index in [-0.39, 0.29) is 5.97 Å². The lowest BCUT2D eigenvalue weighted by molar-refractivity contribution is -0.148. The van der Waals surface area contributed by atoms with Gasteiger partial charge in [0, 0.05) is 50.1 Å². The molecule has 146 valence electrons. The van der Waals surface area contributed by atoms with Crippen LogP contribution >= 0.6 is 11.6 Å². The van der Waals surface area contributed by atoms with E-state index in [0.717, 1.165) is 18.7 Å². The Morgan fingerprint density at radius 2 is 1.96 bits per heavy atom. The first-order chi connectivity index (χ1) is 13.1. The van der Waals surface area contributed by atoms with Gasteiger partial charge in [0.2, 0.25) is 0 Å². The highest BCUT2D eigenvalue weighted by Crippen LogP contribution is 2.29. The van der Waals surface area contributed by atoms with Crippen LogP contribution in [0.5, 0.6) is 0 Å². The van der Waals surface area contributed by atoms with Crippen molar-refractivity contribution in [3.63, 3.8) is 0 Å². The van der Waals surface area contributed by atoms with Crippen LogP contribution in [0.4, 0.5) is 0 Å². The summed E-state index contributed by atoms with van der Waals surface area (Å²) in [5.74, 6) is -0.310. The van der Waals surface area contributed by atoms with E-state index < -0.39 is 12.1 Å². The maximum Gasteiger partial charge on any atom is 0.327 e. The first-order valence-electron chi connectivity index (χ1n) is 9.02. The first kappa shape index (κ1) is 19.8. The Kier molecular flexibility index (Phi) is 6.84. The molecule has 3 rings (SSSR count). The molecule has 2 atom stereocenters. The van der Waals surface area contributed by atoms with Crippen molar-refractivity contribution in [3.05, 3.63) is 53.3 Å². The lowest BCUT2D eigenvalue weighted by atomic mass is 10.0. The van der Waals surface area contributed by atoms with Crippen molar-refractivity contribution in [2.75, 3.05) is 39.8 Å². The second-order valence-electron chi connectivity index (χ2n) is 6.67. The number of aromatic nitrogens is 2. The Morgan fingerprint density at radius 3 is 2.59 bits per heavy atom. The predicted octanol–water partition coefficient (Wildman–Crippen LogP) is 1.43. The summed E-state index contributed by atoms with van der Waals surface area (Å²) in [5, 5.41) is 15.0. The van der Waals surface area contributed by atoms with E-state index in [9.17, 15) is 9.90 Å². The van der Waals surface area contributed by atoms with Gasteiger partial charge in [-0.25, -0.2) is 4.79 Å². The molecule has 0 radical (unpaired) electrons. The molecule has 27 heavy (non-hydrogen) atoms. The van der Waals surface area contributed by atoms with E-state index in [2.05, 4.69) is 14.9 Å². The molecule has 1 aliphatic heterocycles. The third-order valence-electron chi connectivity index (χ3n) is 4.82. The Morgan fingerprint density at radius 1 is 1.22 bits per heavy atom. The number of hydrogen-bond donors (Lipinski definition) is 1. The van der Waals surface area contributed by atoms with E-state index in [4.69, 9.17) is 16.3 Å². The normalized spacial score (nSPS) is 18.2. The van der Waals surface area contributed by atoms with Gasteiger partial charge in [-0.05, 0) is 17.7 Å². The van der Waals surface area contributed by atoms with E-state index in [0.29, 0.717) is 31.2 Å². The third kappa shape index (κ3) is 5.07. The highest BCUT2D eigenvalue weighted by atomic mass is 35.5. The summed E-state index contributed by atoms with van der Waals surface area (Å²) in [6, 6.07) is 8.70. The number of ether oxygens (including phenoxy) is 1. The van der Waals surface area contributed by atoms with Crippen molar-refractivity contribution in [2.24, 2.45) is 0 Å². The van der Waals surface area contributed by atoms with Crippen LogP contribution in [0.3, 0.4) is 0 Å². The van der Waals surface area contributed by atoms with Crippen LogP contribution in [0, 0.1) is 0 Å². The maximum atomic E-state index is 12.4. The van der Waals surface area contributed by atoms with Crippen LogP contribution in [-0.2, 0) is 16.1 Å². The summed E-state index contributed by atoms with van der Waals surface area (Å²) in [4.78, 5) is 16.7. The van der Waals surface area contributed by atoms with E-state index in [1.54, 1.807) is 16.9 Å². The van der Waals surface area contributed by atoms with Gasteiger partial charge in [0.25, 0.3) is 0 Å². The molecule has 1 N–H and O–H groups in total. The first-order valence-corrected chi connectivity index (χ1v) is 9.40. The number of esters is 1. The van der Waals surface area contributed by atoms with E-state index >= 15 is 0 Å². The summed E-state index contributed by atoms with van der Waals surface area (Å²) in [7, 11) is 1.40. The van der Waals surface area contributed by atoms with Crippen LogP contribution in [0.1, 0.15) is 11.6 Å². The number of rotatable bonds is 7. The fourth-order valence-electron chi connectivity index (χ4n) is 3.47. The molecule has 0 saturated carbocycles. The van der Waals surface area contributed by atoms with Crippen molar-refractivity contribution in [2.45, 2.75) is 18.7 Å². The number of β-amino-alcohol motifs (C(OH)–C–C–N with tert-alkyl or cyclic N) is 1. The SMILES string of the molecule is COC(=O)[C@@H](c1ccccc1Cl)N1CCN(C[C@H](O)Cn2cccn2)CC1. The lowest BCUT2D eigenvalue weighted by Crippen LogP contribution is -2.51. The quantitative estimate of drug-likeness (QED) is 0.719. The van der Waals surface area contributed by atoms with Gasteiger partial charge < -0.3 is 9.84 Å². The zero-order chi connectivity index (χ0) is 19.2. The number of halogens is 1. The van der Waals surface area contributed by atoms with Crippen molar-refractivity contribution >= 4 is 17.6 Å². The summed E-state index contributed by atoms with van der Waals surface area (Å²) in [6.45, 7) is 3.95. The number of benzene rings is 1. The number of methoxy groups -OCH3 is 1. The van der Waals surface area contributed by atoms with Gasteiger partial charge in [0.15, 0.2) is 0 Å². The maximum absolute atomic E-state index is 12.4. The second kappa shape index (κ2) is 9.32. The van der Waals surface area contributed by atoms with Crippen LogP contribution in [0.2, 0.25) is 5.02 Å². The van der Waals surface area contributed by atoms with Crippen LogP contribution < -0.4 is 0 Å². The van der Waals surface area contributed by atoms with Crippen molar-refractivity contribution < 1.29 is 14.6 Å². The monoisotopic (exact) mass is 392 g/mol. The van der Waals surface area contributed by atoms with Crippen LogP contribution in [0.15, 0.2) is 42.7 Å². The van der Waals surface area contributed by atoms with Gasteiger partial charge in [-0.15, -0.1) is 0 Å². The number of carbonyl (C=O) groups excluding carboxylic acids is 1. The smallest absolute Gasteiger partial charge is 0.327 e. The molecule has 1 aromatic carbocycles. The molecular formula is C19H25ClN4O3. The number of nitrogens with zero attached hydrogens (tertiary/aromatic N) is 4. The number of aliphatic hydroxyl groups excluding tert-OH is 1. The average Bonchev–Trinajstić information content (AvgIpc) is 3.17. The summed E-state index contributed by atoms with van der Waals surface area (Å²) < 4.78 is 6.75. The highest BCUT2D eigenvalue weighted by molar-refractivity contribution is 6.31. The molecule has 0 amide bonds. The molecule has 7 nitrogen and oxygen atoms in total. The van der Waals surface area contributed by atoms with Crippen molar-refractivity contribution in [1.82, 2.24) is 19.6 Å². The van der Waals surface area contributed by atoms with Crippen molar-refractivity contribution in [3.8, 4) is 0 Å². The summed E-state index contributed by atoms with van der Waals surface area (Å²) in [6.07, 6.45) is 3.05. The molecular weight excluding hydrogens is 368 g/mol. The average molecular weight is 393 g/mol. The fraction of sp³-hybridized carbons (Fsp3) is 0.474. The second-order valence-corrected chi connectivity index (χ2v) is 7.07. The summed E-state index contributed by atoms with van der Waals surface area (Å²) >= 11 is 6.32. The number of hydrogen-bond acceptors (Lipinski definition) is 6. The van der Waals surface area contributed by atoms with E-state index in [1.165, 1.54) is 7.11 Å². The van der Waals surface area contributed by atoms with E-state index in [1.807, 2.05) is 30.5 Å². The van der Waals surface area contributed by atoms with Crippen LogP contribution in [0.25, 0.3) is 0 Å².